The Morgan fingerprint density at radius 1 is 1.30 bits per heavy atom. The van der Waals surface area contributed by atoms with Gasteiger partial charge in [0, 0.05) is 43.2 Å². The molecule has 1 saturated heterocycles. The third-order valence-electron chi connectivity index (χ3n) is 5.10. The summed E-state index contributed by atoms with van der Waals surface area (Å²) in [6.07, 6.45) is 1.09. The molecule has 1 aliphatic heterocycles. The Morgan fingerprint density at radius 2 is 1.87 bits per heavy atom. The Balaban J connectivity index is 2.26. The zero-order chi connectivity index (χ0) is 22.7. The second kappa shape index (κ2) is 10.6. The van der Waals surface area contributed by atoms with Crippen molar-refractivity contribution in [2.75, 3.05) is 32.6 Å². The molecule has 7 nitrogen and oxygen atoms in total. The van der Waals surface area contributed by atoms with Crippen molar-refractivity contribution in [3.8, 4) is 5.75 Å². The number of sulfonamides is 1. The molecule has 2 rings (SSSR count). The fraction of sp³-hybridized carbons (Fsp3) is 0.684. The van der Waals surface area contributed by atoms with Crippen molar-refractivity contribution in [1.82, 2.24) is 9.03 Å². The molecule has 1 aliphatic rings. The third-order valence-corrected chi connectivity index (χ3v) is 9.24. The summed E-state index contributed by atoms with van der Waals surface area (Å²) < 4.78 is 46.7. The van der Waals surface area contributed by atoms with Gasteiger partial charge >= 0.3 is 0 Å². The monoisotopic (exact) mass is 500 g/mol. The standard InChI is InChI=1S/C19H30Cl2N2O5S2/c1-19(2,3)29(25)22-18(14-11-15(20)16(21)12-17(14)24)13-5-7-23(8-6-13)30(26,27)10-9-28-4/h11-13,18,22,24H,5-10H2,1-4H3. The average molecular weight is 501 g/mol. The molecule has 0 bridgehead atoms. The molecule has 1 aromatic rings. The molecule has 172 valence electrons. The summed E-state index contributed by atoms with van der Waals surface area (Å²) in [5.41, 5.74) is 0.502. The number of halogens is 2. The highest BCUT2D eigenvalue weighted by molar-refractivity contribution is 7.90. The fourth-order valence-electron chi connectivity index (χ4n) is 3.31. The first-order chi connectivity index (χ1) is 13.9. The van der Waals surface area contributed by atoms with Crippen molar-refractivity contribution in [3.63, 3.8) is 0 Å². The fourth-order valence-corrected chi connectivity index (χ4v) is 5.95. The Morgan fingerprint density at radius 3 is 2.40 bits per heavy atom. The predicted octanol–water partition coefficient (Wildman–Crippen LogP) is 3.48. The second-order valence-corrected chi connectivity index (χ2v) is 13.2. The van der Waals surface area contributed by atoms with Gasteiger partial charge in [0.05, 0.1) is 28.4 Å². The number of hydrogen-bond acceptors (Lipinski definition) is 6. The van der Waals surface area contributed by atoms with Crippen molar-refractivity contribution in [3.05, 3.63) is 27.7 Å². The minimum absolute atomic E-state index is 0.0389. The van der Waals surface area contributed by atoms with Crippen LogP contribution in [-0.2, 0) is 26.1 Å². The van der Waals surface area contributed by atoms with Gasteiger partial charge in [0.1, 0.15) is 10.5 Å². The summed E-state index contributed by atoms with van der Waals surface area (Å²) in [4.78, 5) is 0. The van der Waals surface area contributed by atoms with E-state index in [1.54, 1.807) is 6.07 Å². The van der Waals surface area contributed by atoms with Gasteiger partial charge in [-0.15, -0.1) is 4.72 Å². The molecule has 2 atom stereocenters. The van der Waals surface area contributed by atoms with Crippen LogP contribution in [0.5, 0.6) is 5.75 Å². The molecule has 30 heavy (non-hydrogen) atoms. The quantitative estimate of drug-likeness (QED) is 0.529. The molecule has 11 heteroatoms. The molecular weight excluding hydrogens is 471 g/mol. The maximum atomic E-state index is 12.8. The van der Waals surface area contributed by atoms with Gasteiger partial charge in [-0.05, 0) is 45.6 Å². The molecule has 0 spiro atoms. The number of aromatic hydroxyl groups is 1. The van der Waals surface area contributed by atoms with Gasteiger partial charge in [0.25, 0.3) is 0 Å². The molecule has 0 saturated carbocycles. The lowest BCUT2D eigenvalue weighted by atomic mass is 9.86. The SMILES string of the molecule is COCCS(=O)(=O)N1CCC(C(N[S+]([O-])C(C)(C)C)c2cc(Cl)c(Cl)cc2O)CC1. The number of rotatable bonds is 8. The number of nitrogens with zero attached hydrogens (tertiary/aromatic N) is 1. The average Bonchev–Trinajstić information content (AvgIpc) is 2.67. The number of methoxy groups -OCH3 is 1. The molecule has 0 aromatic heterocycles. The Kier molecular flexibility index (Phi) is 9.16. The number of ether oxygens (including phenoxy) is 1. The van der Waals surface area contributed by atoms with E-state index in [9.17, 15) is 18.1 Å². The van der Waals surface area contributed by atoms with E-state index in [1.807, 2.05) is 20.8 Å². The van der Waals surface area contributed by atoms with E-state index >= 15 is 0 Å². The molecule has 2 N–H and O–H groups in total. The minimum Gasteiger partial charge on any atom is -0.598 e. The van der Waals surface area contributed by atoms with Crippen LogP contribution in [0.1, 0.15) is 45.2 Å². The molecule has 2 unspecified atom stereocenters. The zero-order valence-corrected chi connectivity index (χ0v) is 20.8. The van der Waals surface area contributed by atoms with E-state index in [-0.39, 0.29) is 34.1 Å². The third kappa shape index (κ3) is 6.62. The number of nitrogens with one attached hydrogen (secondary N) is 1. The lowest BCUT2D eigenvalue weighted by molar-refractivity contribution is 0.209. The normalized spacial score (nSPS) is 19.0. The van der Waals surface area contributed by atoms with E-state index in [0.717, 1.165) is 0 Å². The Labute approximate surface area is 192 Å². The molecule has 1 heterocycles. The maximum absolute atomic E-state index is 12.8. The van der Waals surface area contributed by atoms with Crippen LogP contribution in [-0.4, -0.2) is 59.7 Å². The maximum Gasteiger partial charge on any atom is 0.216 e. The van der Waals surface area contributed by atoms with Gasteiger partial charge < -0.3 is 14.4 Å². The van der Waals surface area contributed by atoms with Gasteiger partial charge in [-0.3, -0.25) is 0 Å². The van der Waals surface area contributed by atoms with E-state index in [4.69, 9.17) is 27.9 Å². The number of phenolic OH excluding ortho intramolecular Hbond substituents is 1. The molecule has 0 radical (unpaired) electrons. The highest BCUT2D eigenvalue weighted by Crippen LogP contribution is 2.40. The van der Waals surface area contributed by atoms with Crippen molar-refractivity contribution >= 4 is 44.6 Å². The molecule has 0 aliphatic carbocycles. The van der Waals surface area contributed by atoms with E-state index < -0.39 is 32.2 Å². The van der Waals surface area contributed by atoms with Crippen LogP contribution in [0.4, 0.5) is 0 Å². The van der Waals surface area contributed by atoms with E-state index in [0.29, 0.717) is 31.5 Å². The zero-order valence-electron chi connectivity index (χ0n) is 17.7. The summed E-state index contributed by atoms with van der Waals surface area (Å²) >= 11 is 10.8. The van der Waals surface area contributed by atoms with Gasteiger partial charge in [-0.2, -0.15) is 0 Å². The van der Waals surface area contributed by atoms with Gasteiger partial charge in [0.2, 0.25) is 10.0 Å². The van der Waals surface area contributed by atoms with Crippen LogP contribution < -0.4 is 4.72 Å². The predicted molar refractivity (Wildman–Crippen MR) is 122 cm³/mol. The van der Waals surface area contributed by atoms with Gasteiger partial charge in [-0.1, -0.05) is 23.2 Å². The number of phenols is 1. The van der Waals surface area contributed by atoms with Crippen molar-refractivity contribution in [2.45, 2.75) is 44.4 Å². The van der Waals surface area contributed by atoms with Crippen molar-refractivity contribution in [1.29, 1.82) is 0 Å². The van der Waals surface area contributed by atoms with Crippen LogP contribution >= 0.6 is 23.2 Å². The number of benzene rings is 1. The molecule has 1 fully saturated rings. The number of hydrogen-bond donors (Lipinski definition) is 2. The largest absolute Gasteiger partial charge is 0.598 e. The topological polar surface area (TPSA) is 102 Å². The van der Waals surface area contributed by atoms with Gasteiger partial charge in [-0.25, -0.2) is 12.7 Å². The van der Waals surface area contributed by atoms with Crippen LogP contribution in [0.25, 0.3) is 0 Å². The number of piperidine rings is 1. The molecule has 1 aromatic carbocycles. The summed E-state index contributed by atoms with van der Waals surface area (Å²) in [6, 6.07) is 2.49. The molecular formula is C19H30Cl2N2O5S2. The van der Waals surface area contributed by atoms with Crippen molar-refractivity contribution < 1.29 is 22.8 Å². The highest BCUT2D eigenvalue weighted by Gasteiger charge is 2.38. The van der Waals surface area contributed by atoms with Crippen molar-refractivity contribution in [2.24, 2.45) is 5.92 Å². The highest BCUT2D eigenvalue weighted by atomic mass is 35.5. The Bertz CT molecular complexity index is 825. The first-order valence-corrected chi connectivity index (χ1v) is 13.2. The van der Waals surface area contributed by atoms with E-state index in [1.165, 1.54) is 17.5 Å². The van der Waals surface area contributed by atoms with Crippen LogP contribution in [0, 0.1) is 5.92 Å². The Hall–Kier alpha value is -0.260. The van der Waals surface area contributed by atoms with Crippen LogP contribution in [0.2, 0.25) is 10.0 Å². The summed E-state index contributed by atoms with van der Waals surface area (Å²) in [5, 5.41) is 11.0. The second-order valence-electron chi connectivity index (χ2n) is 8.35. The lowest BCUT2D eigenvalue weighted by Gasteiger charge is -2.37. The summed E-state index contributed by atoms with van der Waals surface area (Å²) in [7, 11) is -1.92. The lowest BCUT2D eigenvalue weighted by Crippen LogP contribution is -2.47. The van der Waals surface area contributed by atoms with Gasteiger partial charge in [0.15, 0.2) is 0 Å². The van der Waals surface area contributed by atoms with E-state index in [2.05, 4.69) is 4.72 Å². The van der Waals surface area contributed by atoms with Crippen LogP contribution in [0.15, 0.2) is 12.1 Å². The summed E-state index contributed by atoms with van der Waals surface area (Å²) in [5.74, 6) is -0.145. The van der Waals surface area contributed by atoms with Crippen LogP contribution in [0.3, 0.4) is 0 Å². The minimum atomic E-state index is -3.39. The first-order valence-electron chi connectivity index (χ1n) is 9.69. The summed E-state index contributed by atoms with van der Waals surface area (Å²) in [6.45, 7) is 6.40. The molecule has 0 amide bonds. The first kappa shape index (κ1) is 26.0. The smallest absolute Gasteiger partial charge is 0.216 e.